The van der Waals surface area contributed by atoms with Crippen molar-refractivity contribution in [1.82, 2.24) is 4.90 Å². The molecule has 2 N–H and O–H groups in total. The summed E-state index contributed by atoms with van der Waals surface area (Å²) in [6.07, 6.45) is 2.43. The fourth-order valence-corrected chi connectivity index (χ4v) is 4.05. The first-order valence-electron chi connectivity index (χ1n) is 8.92. The zero-order chi connectivity index (χ0) is 19.2. The quantitative estimate of drug-likeness (QED) is 0.781. The second-order valence-electron chi connectivity index (χ2n) is 6.36. The Bertz CT molecular complexity index is 663. The lowest BCUT2D eigenvalue weighted by Gasteiger charge is -2.34. The molecule has 1 aromatic rings. The summed E-state index contributed by atoms with van der Waals surface area (Å²) in [4.78, 5) is 35.6. The highest BCUT2D eigenvalue weighted by Gasteiger charge is 2.58. The molecule has 3 rings (SSSR count). The van der Waals surface area contributed by atoms with Crippen LogP contribution in [-0.4, -0.2) is 54.1 Å². The molecule has 0 aromatic heterocycles. The number of carbonyl (C=O) groups excluding carboxylic acids is 2. The number of fused-ring (bicyclic) bond motifs is 2. The van der Waals surface area contributed by atoms with Gasteiger partial charge in [0.05, 0.1) is 11.5 Å². The van der Waals surface area contributed by atoms with Crippen molar-refractivity contribution in [1.29, 1.82) is 0 Å². The lowest BCUT2D eigenvalue weighted by molar-refractivity contribution is -0.138. The largest absolute Gasteiger partial charge is 0.483 e. The van der Waals surface area contributed by atoms with E-state index < -0.39 is 5.41 Å². The molecule has 0 saturated carbocycles. The Morgan fingerprint density at radius 3 is 2.77 bits per heavy atom. The van der Waals surface area contributed by atoms with Gasteiger partial charge in [-0.15, -0.1) is 0 Å². The third-order valence-electron chi connectivity index (χ3n) is 5.07. The number of benzene rings is 1. The lowest BCUT2D eigenvalue weighted by atomic mass is 9.73. The highest BCUT2D eigenvalue weighted by Crippen LogP contribution is 2.49. The molecule has 26 heavy (non-hydrogen) atoms. The van der Waals surface area contributed by atoms with Crippen molar-refractivity contribution in [2.45, 2.75) is 44.6 Å². The van der Waals surface area contributed by atoms with Crippen LogP contribution >= 0.6 is 0 Å². The molecule has 0 bridgehead atoms. The van der Waals surface area contributed by atoms with E-state index in [1.54, 1.807) is 0 Å². The lowest BCUT2D eigenvalue weighted by Crippen LogP contribution is -2.49. The monoisotopic (exact) mass is 362 g/mol. The normalized spacial score (nSPS) is 23.2. The van der Waals surface area contributed by atoms with Crippen LogP contribution in [0, 0.1) is 0 Å². The SMILES string of the molecule is CCC[C@@H]1N(C(=O)COCC)CC[C@]12C(=O)Nc1ccccc12.O=CO. The Labute approximate surface area is 153 Å². The van der Waals surface area contributed by atoms with Crippen LogP contribution in [-0.2, 0) is 24.5 Å². The molecule has 1 saturated heterocycles. The first-order valence-corrected chi connectivity index (χ1v) is 8.92. The maximum atomic E-state index is 12.8. The maximum Gasteiger partial charge on any atom is 0.290 e. The summed E-state index contributed by atoms with van der Waals surface area (Å²) in [6, 6.07) is 7.76. The molecule has 7 heteroatoms. The Kier molecular flexibility index (Phi) is 6.74. The molecule has 1 fully saturated rings. The van der Waals surface area contributed by atoms with Crippen molar-refractivity contribution in [2.24, 2.45) is 0 Å². The number of amides is 2. The van der Waals surface area contributed by atoms with Crippen LogP contribution < -0.4 is 5.32 Å². The molecule has 0 unspecified atom stereocenters. The molecule has 1 aromatic carbocycles. The number of likely N-dealkylation sites (tertiary alicyclic amines) is 1. The summed E-state index contributed by atoms with van der Waals surface area (Å²) in [5.74, 6) is 0.0169. The Balaban J connectivity index is 0.000000758. The number of nitrogens with zero attached hydrogens (tertiary/aromatic N) is 1. The highest BCUT2D eigenvalue weighted by atomic mass is 16.5. The molecule has 2 amide bonds. The molecule has 2 aliphatic rings. The van der Waals surface area contributed by atoms with E-state index in [-0.39, 0.29) is 30.9 Å². The van der Waals surface area contributed by atoms with Gasteiger partial charge in [-0.3, -0.25) is 14.4 Å². The van der Waals surface area contributed by atoms with Gasteiger partial charge in [0.2, 0.25) is 11.8 Å². The first-order chi connectivity index (χ1) is 12.6. The van der Waals surface area contributed by atoms with Crippen molar-refractivity contribution in [3.8, 4) is 0 Å². The Hall–Kier alpha value is -2.41. The van der Waals surface area contributed by atoms with E-state index in [2.05, 4.69) is 12.2 Å². The van der Waals surface area contributed by atoms with Crippen molar-refractivity contribution in [2.75, 3.05) is 25.1 Å². The zero-order valence-electron chi connectivity index (χ0n) is 15.2. The number of ether oxygens (including phenoxy) is 1. The number of anilines is 1. The van der Waals surface area contributed by atoms with Gasteiger partial charge < -0.3 is 20.1 Å². The molecule has 2 atom stereocenters. The van der Waals surface area contributed by atoms with Crippen LogP contribution in [0.1, 0.15) is 38.7 Å². The minimum Gasteiger partial charge on any atom is -0.483 e. The van der Waals surface area contributed by atoms with Gasteiger partial charge in [-0.2, -0.15) is 0 Å². The van der Waals surface area contributed by atoms with Crippen molar-refractivity contribution in [3.63, 3.8) is 0 Å². The van der Waals surface area contributed by atoms with Gasteiger partial charge in [0.1, 0.15) is 6.61 Å². The van der Waals surface area contributed by atoms with Gasteiger partial charge >= 0.3 is 0 Å². The standard InChI is InChI=1S/C18H24N2O3.CH2O2/c1-3-7-15-18(10-11-20(15)16(21)12-23-4-2)13-8-5-6-9-14(13)19-17(18)22;2-1-3/h5-6,8-9,15H,3-4,7,10-12H2,1-2H3,(H,19,22);1H,(H,2,3)/t15-,18+;/m0./s1. The van der Waals surface area contributed by atoms with Gasteiger partial charge in [-0.05, 0) is 31.4 Å². The minimum atomic E-state index is -0.603. The zero-order valence-corrected chi connectivity index (χ0v) is 15.2. The van der Waals surface area contributed by atoms with Gasteiger partial charge in [0, 0.05) is 18.8 Å². The fourth-order valence-electron chi connectivity index (χ4n) is 4.05. The van der Waals surface area contributed by atoms with E-state index >= 15 is 0 Å². The number of para-hydroxylation sites is 1. The summed E-state index contributed by atoms with van der Waals surface area (Å²) in [7, 11) is 0. The molecule has 2 heterocycles. The summed E-state index contributed by atoms with van der Waals surface area (Å²) < 4.78 is 5.29. The van der Waals surface area contributed by atoms with Crippen LogP contribution in [0.25, 0.3) is 0 Å². The van der Waals surface area contributed by atoms with E-state index in [9.17, 15) is 9.59 Å². The minimum absolute atomic E-state index is 0.0145. The average Bonchev–Trinajstić information content (AvgIpc) is 3.14. The highest BCUT2D eigenvalue weighted by molar-refractivity contribution is 6.07. The smallest absolute Gasteiger partial charge is 0.290 e. The van der Waals surface area contributed by atoms with Crippen molar-refractivity contribution in [3.05, 3.63) is 29.8 Å². The number of hydrogen-bond acceptors (Lipinski definition) is 4. The second kappa shape index (κ2) is 8.80. The molecule has 142 valence electrons. The van der Waals surface area contributed by atoms with E-state index in [0.717, 1.165) is 24.1 Å². The van der Waals surface area contributed by atoms with Gasteiger partial charge in [0.25, 0.3) is 6.47 Å². The first kappa shape index (κ1) is 19.9. The second-order valence-corrected chi connectivity index (χ2v) is 6.36. The molecule has 0 aliphatic carbocycles. The number of nitrogens with one attached hydrogen (secondary N) is 1. The molecule has 0 radical (unpaired) electrons. The molecular weight excluding hydrogens is 336 g/mol. The number of hydrogen-bond donors (Lipinski definition) is 2. The van der Waals surface area contributed by atoms with E-state index in [4.69, 9.17) is 14.6 Å². The number of carbonyl (C=O) groups is 3. The molecule has 1 spiro atoms. The van der Waals surface area contributed by atoms with Crippen LogP contribution in [0.4, 0.5) is 5.69 Å². The third-order valence-corrected chi connectivity index (χ3v) is 5.07. The summed E-state index contributed by atoms with van der Waals surface area (Å²) in [6.45, 7) is 4.94. The van der Waals surface area contributed by atoms with Crippen LogP contribution in [0.15, 0.2) is 24.3 Å². The van der Waals surface area contributed by atoms with Gasteiger partial charge in [-0.1, -0.05) is 31.5 Å². The van der Waals surface area contributed by atoms with Crippen molar-refractivity contribution >= 4 is 24.0 Å². The predicted octanol–water partition coefficient (Wildman–Crippen LogP) is 2.01. The Morgan fingerprint density at radius 1 is 1.42 bits per heavy atom. The van der Waals surface area contributed by atoms with E-state index in [1.807, 2.05) is 36.1 Å². The average molecular weight is 362 g/mol. The molecule has 7 nitrogen and oxygen atoms in total. The maximum absolute atomic E-state index is 12.8. The van der Waals surface area contributed by atoms with Gasteiger partial charge in [0.15, 0.2) is 0 Å². The van der Waals surface area contributed by atoms with Crippen LogP contribution in [0.5, 0.6) is 0 Å². The van der Waals surface area contributed by atoms with Crippen LogP contribution in [0.2, 0.25) is 0 Å². The topological polar surface area (TPSA) is 95.9 Å². The Morgan fingerprint density at radius 2 is 2.12 bits per heavy atom. The van der Waals surface area contributed by atoms with E-state index in [0.29, 0.717) is 19.6 Å². The molecular formula is C19H26N2O5. The van der Waals surface area contributed by atoms with Gasteiger partial charge in [-0.25, -0.2) is 0 Å². The fraction of sp³-hybridized carbons (Fsp3) is 0.526. The molecule has 2 aliphatic heterocycles. The number of rotatable bonds is 5. The predicted molar refractivity (Wildman–Crippen MR) is 97.0 cm³/mol. The number of carboxylic acid groups (broad SMARTS) is 1. The third kappa shape index (κ3) is 3.44. The summed E-state index contributed by atoms with van der Waals surface area (Å²) in [5, 5.41) is 9.90. The van der Waals surface area contributed by atoms with E-state index in [1.165, 1.54) is 0 Å². The van der Waals surface area contributed by atoms with Crippen molar-refractivity contribution < 1.29 is 24.2 Å². The summed E-state index contributed by atoms with van der Waals surface area (Å²) in [5.41, 5.74) is 1.32. The van der Waals surface area contributed by atoms with Crippen LogP contribution in [0.3, 0.4) is 0 Å². The summed E-state index contributed by atoms with van der Waals surface area (Å²) >= 11 is 0.